The van der Waals surface area contributed by atoms with Crippen LogP contribution >= 0.6 is 0 Å². The smallest absolute Gasteiger partial charge is 0.231 e. The van der Waals surface area contributed by atoms with Crippen LogP contribution in [0.3, 0.4) is 0 Å². The monoisotopic (exact) mass is 367 g/mol. The Balaban J connectivity index is 1.42. The van der Waals surface area contributed by atoms with Gasteiger partial charge in [-0.1, -0.05) is 24.6 Å². The fraction of sp³-hybridized carbons (Fsp3) is 0.318. The number of nitrogens with zero attached hydrogens (tertiary/aromatic N) is 1. The van der Waals surface area contributed by atoms with Crippen molar-refractivity contribution < 1.29 is 18.7 Å². The molecule has 2 aromatic carbocycles. The SMILES string of the molecule is O=C1/C(=C/c2ccccc2F)Oc2cc(OCCN3CCCCC3)ccc21. The van der Waals surface area contributed by atoms with Crippen LogP contribution in [0.4, 0.5) is 4.39 Å². The van der Waals surface area contributed by atoms with Gasteiger partial charge in [0.1, 0.15) is 23.9 Å². The van der Waals surface area contributed by atoms with Gasteiger partial charge in [0.25, 0.3) is 0 Å². The molecule has 4 rings (SSSR count). The molecule has 0 saturated carbocycles. The van der Waals surface area contributed by atoms with Crippen molar-refractivity contribution in [3.05, 3.63) is 65.2 Å². The third kappa shape index (κ3) is 4.03. The van der Waals surface area contributed by atoms with Crippen molar-refractivity contribution in [1.82, 2.24) is 4.90 Å². The van der Waals surface area contributed by atoms with E-state index in [1.807, 2.05) is 0 Å². The van der Waals surface area contributed by atoms with Gasteiger partial charge in [0.15, 0.2) is 5.76 Å². The molecule has 1 saturated heterocycles. The van der Waals surface area contributed by atoms with Crippen molar-refractivity contribution in [3.63, 3.8) is 0 Å². The van der Waals surface area contributed by atoms with Gasteiger partial charge in [-0.3, -0.25) is 9.69 Å². The Kier molecular flexibility index (Phi) is 5.21. The van der Waals surface area contributed by atoms with Crippen molar-refractivity contribution >= 4 is 11.9 Å². The maximum atomic E-state index is 13.8. The predicted molar refractivity (Wildman–Crippen MR) is 102 cm³/mol. The zero-order valence-electron chi connectivity index (χ0n) is 15.1. The van der Waals surface area contributed by atoms with Gasteiger partial charge in [0.05, 0.1) is 5.56 Å². The van der Waals surface area contributed by atoms with E-state index in [9.17, 15) is 9.18 Å². The molecule has 0 aliphatic carbocycles. The number of carbonyl (C=O) groups excluding carboxylic acids is 1. The summed E-state index contributed by atoms with van der Waals surface area (Å²) in [6.45, 7) is 3.77. The van der Waals surface area contributed by atoms with E-state index in [1.54, 1.807) is 36.4 Å². The van der Waals surface area contributed by atoms with Crippen molar-refractivity contribution in [3.8, 4) is 11.5 Å². The maximum Gasteiger partial charge on any atom is 0.231 e. The van der Waals surface area contributed by atoms with Crippen LogP contribution in [0.5, 0.6) is 11.5 Å². The van der Waals surface area contributed by atoms with Gasteiger partial charge < -0.3 is 9.47 Å². The lowest BCUT2D eigenvalue weighted by Gasteiger charge is -2.26. The van der Waals surface area contributed by atoms with E-state index in [2.05, 4.69) is 4.90 Å². The predicted octanol–water partition coefficient (Wildman–Crippen LogP) is 4.31. The summed E-state index contributed by atoms with van der Waals surface area (Å²) >= 11 is 0. The van der Waals surface area contributed by atoms with Crippen LogP contribution < -0.4 is 9.47 Å². The summed E-state index contributed by atoms with van der Waals surface area (Å²) in [5.74, 6) is 0.622. The molecule has 4 nitrogen and oxygen atoms in total. The van der Waals surface area contributed by atoms with Crippen molar-refractivity contribution in [1.29, 1.82) is 0 Å². The number of halogens is 1. The minimum Gasteiger partial charge on any atom is -0.492 e. The lowest BCUT2D eigenvalue weighted by atomic mass is 10.1. The topological polar surface area (TPSA) is 38.8 Å². The van der Waals surface area contributed by atoms with Gasteiger partial charge in [-0.25, -0.2) is 4.39 Å². The number of benzene rings is 2. The van der Waals surface area contributed by atoms with Gasteiger partial charge in [0, 0.05) is 18.2 Å². The lowest BCUT2D eigenvalue weighted by molar-refractivity contribution is 0.101. The fourth-order valence-electron chi connectivity index (χ4n) is 3.47. The molecule has 140 valence electrons. The minimum atomic E-state index is -0.390. The molecule has 0 atom stereocenters. The molecule has 0 aromatic heterocycles. The van der Waals surface area contributed by atoms with Crippen LogP contribution in [0.15, 0.2) is 48.2 Å². The van der Waals surface area contributed by atoms with E-state index in [-0.39, 0.29) is 17.4 Å². The number of ketones is 1. The Labute approximate surface area is 158 Å². The molecule has 0 bridgehead atoms. The Morgan fingerprint density at radius 1 is 1.11 bits per heavy atom. The molecule has 1 fully saturated rings. The Bertz CT molecular complexity index is 872. The number of allylic oxidation sites excluding steroid dienone is 1. The first-order valence-corrected chi connectivity index (χ1v) is 9.39. The number of hydrogen-bond acceptors (Lipinski definition) is 4. The third-order valence-corrected chi connectivity index (χ3v) is 4.96. The van der Waals surface area contributed by atoms with Crippen LogP contribution in [-0.4, -0.2) is 36.9 Å². The normalized spacial score (nSPS) is 18.4. The molecule has 5 heteroatoms. The van der Waals surface area contributed by atoms with Crippen LogP contribution in [0.1, 0.15) is 35.2 Å². The number of piperidine rings is 1. The van der Waals surface area contributed by atoms with E-state index in [0.717, 1.165) is 19.6 Å². The van der Waals surface area contributed by atoms with Crippen molar-refractivity contribution in [2.24, 2.45) is 0 Å². The second-order valence-corrected chi connectivity index (χ2v) is 6.87. The molecular formula is C22H22FNO3. The van der Waals surface area contributed by atoms with Crippen LogP contribution in [0.25, 0.3) is 6.08 Å². The van der Waals surface area contributed by atoms with E-state index in [4.69, 9.17) is 9.47 Å². The molecule has 2 aromatic rings. The fourth-order valence-corrected chi connectivity index (χ4v) is 3.47. The number of hydrogen-bond donors (Lipinski definition) is 0. The van der Waals surface area contributed by atoms with Gasteiger partial charge >= 0.3 is 0 Å². The van der Waals surface area contributed by atoms with Gasteiger partial charge in [-0.2, -0.15) is 0 Å². The summed E-state index contributed by atoms with van der Waals surface area (Å²) in [5.41, 5.74) is 0.799. The van der Waals surface area contributed by atoms with Crippen molar-refractivity contribution in [2.75, 3.05) is 26.2 Å². The highest BCUT2D eigenvalue weighted by atomic mass is 19.1. The quantitative estimate of drug-likeness (QED) is 0.739. The van der Waals surface area contributed by atoms with E-state index < -0.39 is 0 Å². The summed E-state index contributed by atoms with van der Waals surface area (Å²) in [5, 5.41) is 0. The first-order valence-electron chi connectivity index (χ1n) is 9.39. The van der Waals surface area contributed by atoms with E-state index >= 15 is 0 Å². The third-order valence-electron chi connectivity index (χ3n) is 4.96. The number of ether oxygens (including phenoxy) is 2. The standard InChI is InChI=1S/C22H22FNO3/c23-19-7-3-2-6-16(19)14-21-22(25)18-9-8-17(15-20(18)27-21)26-13-12-24-10-4-1-5-11-24/h2-3,6-9,14-15H,1,4-5,10-13H2/b21-14-. The Hall–Kier alpha value is -2.66. The summed E-state index contributed by atoms with van der Waals surface area (Å²) in [7, 11) is 0. The van der Waals surface area contributed by atoms with Gasteiger partial charge in [-0.15, -0.1) is 0 Å². The minimum absolute atomic E-state index is 0.126. The molecule has 27 heavy (non-hydrogen) atoms. The van der Waals surface area contributed by atoms with Crippen LogP contribution in [0, 0.1) is 5.82 Å². The van der Waals surface area contributed by atoms with Crippen LogP contribution in [0.2, 0.25) is 0 Å². The van der Waals surface area contributed by atoms with E-state index in [1.165, 1.54) is 31.4 Å². The number of Topliss-reactive ketones (excluding diaryl/α,β-unsaturated/α-hetero) is 1. The second kappa shape index (κ2) is 7.92. The summed E-state index contributed by atoms with van der Waals surface area (Å²) in [6.07, 6.45) is 5.27. The molecule has 2 aliphatic rings. The highest BCUT2D eigenvalue weighted by molar-refractivity contribution is 6.14. The molecule has 2 aliphatic heterocycles. The highest BCUT2D eigenvalue weighted by Crippen LogP contribution is 2.35. The van der Waals surface area contributed by atoms with Crippen LogP contribution in [-0.2, 0) is 0 Å². The molecule has 0 radical (unpaired) electrons. The number of likely N-dealkylation sites (tertiary alicyclic amines) is 1. The largest absolute Gasteiger partial charge is 0.492 e. The summed E-state index contributed by atoms with van der Waals surface area (Å²) in [4.78, 5) is 14.9. The number of fused-ring (bicyclic) bond motifs is 1. The zero-order valence-corrected chi connectivity index (χ0v) is 15.1. The molecule has 0 spiro atoms. The second-order valence-electron chi connectivity index (χ2n) is 6.87. The average Bonchev–Trinajstić information content (AvgIpc) is 2.99. The van der Waals surface area contributed by atoms with E-state index in [0.29, 0.717) is 29.2 Å². The van der Waals surface area contributed by atoms with Crippen molar-refractivity contribution in [2.45, 2.75) is 19.3 Å². The number of carbonyl (C=O) groups is 1. The first kappa shape index (κ1) is 17.7. The number of rotatable bonds is 5. The molecule has 0 unspecified atom stereocenters. The highest BCUT2D eigenvalue weighted by Gasteiger charge is 2.28. The zero-order chi connectivity index (χ0) is 18.6. The van der Waals surface area contributed by atoms with Gasteiger partial charge in [-0.05, 0) is 50.2 Å². The maximum absolute atomic E-state index is 13.8. The molecule has 2 heterocycles. The molecule has 0 amide bonds. The first-order chi connectivity index (χ1) is 13.2. The average molecular weight is 367 g/mol. The summed E-state index contributed by atoms with van der Waals surface area (Å²) in [6, 6.07) is 11.5. The summed E-state index contributed by atoms with van der Waals surface area (Å²) < 4.78 is 25.3. The Morgan fingerprint density at radius 2 is 1.93 bits per heavy atom. The van der Waals surface area contributed by atoms with Gasteiger partial charge in [0.2, 0.25) is 5.78 Å². The molecule has 0 N–H and O–H groups in total. The lowest BCUT2D eigenvalue weighted by Crippen LogP contribution is -2.33. The Morgan fingerprint density at radius 3 is 2.74 bits per heavy atom. The molecular weight excluding hydrogens is 345 g/mol.